The Bertz CT molecular complexity index is 1240. The highest BCUT2D eigenvalue weighted by Crippen LogP contribution is 2.25. The molecule has 2 heterocycles. The zero-order chi connectivity index (χ0) is 22.1. The molecule has 5 heteroatoms. The Morgan fingerprint density at radius 2 is 1.61 bits per heavy atom. The highest BCUT2D eigenvalue weighted by Gasteiger charge is 2.21. The zero-order valence-corrected chi connectivity index (χ0v) is 18.1. The van der Waals surface area contributed by atoms with Crippen LogP contribution in [-0.2, 0) is 26.6 Å². The number of carbonyl (C=O) groups excluding carboxylic acids is 2. The van der Waals surface area contributed by atoms with Gasteiger partial charge in [-0.15, -0.1) is 0 Å². The molecule has 2 aromatic carbocycles. The van der Waals surface area contributed by atoms with Crippen LogP contribution in [0.3, 0.4) is 0 Å². The van der Waals surface area contributed by atoms with Gasteiger partial charge >= 0.3 is 0 Å². The highest BCUT2D eigenvalue weighted by atomic mass is 16.1. The summed E-state index contributed by atoms with van der Waals surface area (Å²) in [6.45, 7) is 5.44. The van der Waals surface area contributed by atoms with Crippen LogP contribution in [-0.4, -0.2) is 27.6 Å². The quantitative estimate of drug-likeness (QED) is 0.592. The molecule has 1 aliphatic heterocycles. The first kappa shape index (κ1) is 20.9. The van der Waals surface area contributed by atoms with Gasteiger partial charge in [-0.05, 0) is 48.7 Å². The Balaban J connectivity index is 1.65. The number of hydrogen-bond acceptors (Lipinski definition) is 4. The molecule has 0 spiro atoms. The lowest BCUT2D eigenvalue weighted by Gasteiger charge is -2.30. The van der Waals surface area contributed by atoms with Gasteiger partial charge < -0.3 is 4.57 Å². The van der Waals surface area contributed by atoms with E-state index in [0.29, 0.717) is 11.1 Å². The summed E-state index contributed by atoms with van der Waals surface area (Å²) in [4.78, 5) is 38.8. The number of hydrogen-bond donors (Lipinski definition) is 0. The minimum absolute atomic E-state index is 0.0180. The number of rotatable bonds is 5. The van der Waals surface area contributed by atoms with Crippen LogP contribution in [0.1, 0.15) is 51.4 Å². The monoisotopic (exact) mass is 414 g/mol. The largest absolute Gasteiger partial charge is 0.315 e. The molecule has 4 rings (SSSR count). The van der Waals surface area contributed by atoms with Gasteiger partial charge in [0.2, 0.25) is 0 Å². The first-order valence-corrected chi connectivity index (χ1v) is 10.5. The van der Waals surface area contributed by atoms with Gasteiger partial charge in [-0.1, -0.05) is 36.4 Å². The SMILES string of the molecule is CC(=O)c1cccc(CN2CCc3c(cc(-c4cccc(C(C)=O)c4)c(=O)n3C)C2)c1. The molecule has 0 radical (unpaired) electrons. The van der Waals surface area contributed by atoms with Crippen molar-refractivity contribution in [3.05, 3.63) is 92.9 Å². The molecule has 0 saturated carbocycles. The second kappa shape index (κ2) is 8.44. The highest BCUT2D eigenvalue weighted by molar-refractivity contribution is 5.95. The molecule has 0 N–H and O–H groups in total. The summed E-state index contributed by atoms with van der Waals surface area (Å²) in [6.07, 6.45) is 0.793. The summed E-state index contributed by atoms with van der Waals surface area (Å²) in [5, 5.41) is 0. The van der Waals surface area contributed by atoms with E-state index < -0.39 is 0 Å². The molecular formula is C26H26N2O3. The van der Waals surface area contributed by atoms with E-state index >= 15 is 0 Å². The molecule has 0 aliphatic carbocycles. The van der Waals surface area contributed by atoms with Crippen molar-refractivity contribution in [3.63, 3.8) is 0 Å². The molecule has 0 bridgehead atoms. The van der Waals surface area contributed by atoms with E-state index in [1.165, 1.54) is 6.92 Å². The summed E-state index contributed by atoms with van der Waals surface area (Å²) in [6, 6.07) is 17.0. The van der Waals surface area contributed by atoms with Crippen molar-refractivity contribution >= 4 is 11.6 Å². The predicted octanol–water partition coefficient (Wildman–Crippen LogP) is 4.02. The maximum absolute atomic E-state index is 13.0. The molecule has 3 aromatic rings. The average Bonchev–Trinajstić information content (AvgIpc) is 2.76. The third-order valence-electron chi connectivity index (χ3n) is 6.01. The second-order valence-corrected chi connectivity index (χ2v) is 8.25. The average molecular weight is 415 g/mol. The topological polar surface area (TPSA) is 59.4 Å². The lowest BCUT2D eigenvalue weighted by atomic mass is 9.97. The lowest BCUT2D eigenvalue weighted by molar-refractivity contribution is 0.100. The Morgan fingerprint density at radius 1 is 0.935 bits per heavy atom. The van der Waals surface area contributed by atoms with Crippen molar-refractivity contribution in [2.45, 2.75) is 33.4 Å². The maximum Gasteiger partial charge on any atom is 0.258 e. The van der Waals surface area contributed by atoms with Crippen LogP contribution in [0.4, 0.5) is 0 Å². The summed E-state index contributed by atoms with van der Waals surface area (Å²) in [5.74, 6) is 0.0499. The van der Waals surface area contributed by atoms with Gasteiger partial charge in [-0.2, -0.15) is 0 Å². The molecule has 1 aromatic heterocycles. The standard InChI is InChI=1S/C26H26N2O3/c1-17(29)20-7-4-6-19(12-20)15-28-11-10-25-23(16-28)14-24(26(31)27(25)3)22-9-5-8-21(13-22)18(2)30/h4-9,12-14H,10-11,15-16H2,1-3H3. The maximum atomic E-state index is 13.0. The summed E-state index contributed by atoms with van der Waals surface area (Å²) < 4.78 is 1.75. The smallest absolute Gasteiger partial charge is 0.258 e. The fourth-order valence-electron chi connectivity index (χ4n) is 4.28. The van der Waals surface area contributed by atoms with E-state index in [1.807, 2.05) is 49.5 Å². The number of Topliss-reactive ketones (excluding diaryl/α,β-unsaturated/α-hetero) is 2. The molecule has 0 amide bonds. The van der Waals surface area contributed by atoms with E-state index in [0.717, 1.165) is 54.0 Å². The number of aromatic nitrogens is 1. The second-order valence-electron chi connectivity index (χ2n) is 8.25. The van der Waals surface area contributed by atoms with E-state index in [-0.39, 0.29) is 17.1 Å². The number of carbonyl (C=O) groups is 2. The number of benzene rings is 2. The Hall–Kier alpha value is -3.31. The van der Waals surface area contributed by atoms with Crippen molar-refractivity contribution < 1.29 is 9.59 Å². The van der Waals surface area contributed by atoms with Crippen LogP contribution in [0.25, 0.3) is 11.1 Å². The van der Waals surface area contributed by atoms with Gasteiger partial charge in [0.05, 0.1) is 0 Å². The number of fused-ring (bicyclic) bond motifs is 1. The first-order chi connectivity index (χ1) is 14.8. The minimum Gasteiger partial charge on any atom is -0.315 e. The van der Waals surface area contributed by atoms with E-state index in [2.05, 4.69) is 4.90 Å². The lowest BCUT2D eigenvalue weighted by Crippen LogP contribution is -2.35. The molecule has 158 valence electrons. The van der Waals surface area contributed by atoms with Gasteiger partial charge in [-0.25, -0.2) is 0 Å². The van der Waals surface area contributed by atoms with Crippen molar-refractivity contribution in [1.82, 2.24) is 9.47 Å². The van der Waals surface area contributed by atoms with Gasteiger partial charge in [0.1, 0.15) is 0 Å². The first-order valence-electron chi connectivity index (χ1n) is 10.5. The third kappa shape index (κ3) is 4.28. The number of nitrogens with zero attached hydrogens (tertiary/aromatic N) is 2. The summed E-state index contributed by atoms with van der Waals surface area (Å²) in [5.41, 5.74) is 5.96. The van der Waals surface area contributed by atoms with Crippen LogP contribution in [0, 0.1) is 0 Å². The minimum atomic E-state index is -0.0398. The predicted molar refractivity (Wildman–Crippen MR) is 121 cm³/mol. The third-order valence-corrected chi connectivity index (χ3v) is 6.01. The molecule has 31 heavy (non-hydrogen) atoms. The van der Waals surface area contributed by atoms with Crippen molar-refractivity contribution in [3.8, 4) is 11.1 Å². The fraction of sp³-hybridized carbons (Fsp3) is 0.269. The molecule has 0 saturated heterocycles. The van der Waals surface area contributed by atoms with E-state index in [9.17, 15) is 14.4 Å². The van der Waals surface area contributed by atoms with Gasteiger partial charge in [0.25, 0.3) is 5.56 Å². The number of pyridine rings is 1. The van der Waals surface area contributed by atoms with Gasteiger partial charge in [0.15, 0.2) is 11.6 Å². The Kier molecular flexibility index (Phi) is 5.70. The van der Waals surface area contributed by atoms with Crippen LogP contribution in [0.5, 0.6) is 0 Å². The summed E-state index contributed by atoms with van der Waals surface area (Å²) >= 11 is 0. The van der Waals surface area contributed by atoms with Gasteiger partial charge in [-0.3, -0.25) is 19.3 Å². The molecule has 1 aliphatic rings. The molecule has 0 atom stereocenters. The molecular weight excluding hydrogens is 388 g/mol. The molecule has 0 unspecified atom stereocenters. The van der Waals surface area contributed by atoms with Gasteiger partial charge in [0, 0.05) is 55.5 Å². The van der Waals surface area contributed by atoms with Crippen LogP contribution < -0.4 is 5.56 Å². The Morgan fingerprint density at radius 3 is 2.32 bits per heavy atom. The Labute approximate surface area is 181 Å². The van der Waals surface area contributed by atoms with Crippen molar-refractivity contribution in [2.24, 2.45) is 7.05 Å². The van der Waals surface area contributed by atoms with E-state index in [4.69, 9.17) is 0 Å². The zero-order valence-electron chi connectivity index (χ0n) is 18.1. The fourth-order valence-corrected chi connectivity index (χ4v) is 4.28. The van der Waals surface area contributed by atoms with Crippen LogP contribution in [0.15, 0.2) is 59.4 Å². The van der Waals surface area contributed by atoms with Crippen molar-refractivity contribution in [1.29, 1.82) is 0 Å². The summed E-state index contributed by atoms with van der Waals surface area (Å²) in [7, 11) is 1.82. The van der Waals surface area contributed by atoms with Crippen LogP contribution in [0.2, 0.25) is 0 Å². The van der Waals surface area contributed by atoms with Crippen molar-refractivity contribution in [2.75, 3.05) is 6.54 Å². The van der Waals surface area contributed by atoms with Crippen LogP contribution >= 0.6 is 0 Å². The van der Waals surface area contributed by atoms with E-state index in [1.54, 1.807) is 23.6 Å². The molecule has 5 nitrogen and oxygen atoms in total. The number of ketones is 2. The molecule has 0 fully saturated rings. The normalized spacial score (nSPS) is 13.6.